The van der Waals surface area contributed by atoms with E-state index in [-0.39, 0.29) is 6.10 Å². The molecule has 0 saturated carbocycles. The first-order chi connectivity index (χ1) is 11.8. The maximum Gasteiger partial charge on any atom is 0.142 e. The lowest BCUT2D eigenvalue weighted by atomic mass is 10.1. The third-order valence-corrected chi connectivity index (χ3v) is 4.68. The summed E-state index contributed by atoms with van der Waals surface area (Å²) in [7, 11) is 3.53. The predicted molar refractivity (Wildman–Crippen MR) is 97.8 cm³/mol. The molecule has 2 aromatic carbocycles. The molecule has 0 spiro atoms. The van der Waals surface area contributed by atoms with Crippen molar-refractivity contribution in [3.8, 4) is 5.75 Å². The minimum absolute atomic E-state index is 0.129. The number of rotatable bonds is 6. The Hall–Kier alpha value is -2.04. The van der Waals surface area contributed by atoms with Gasteiger partial charge in [0.2, 0.25) is 0 Å². The molecule has 1 atom stereocenters. The van der Waals surface area contributed by atoms with E-state index in [0.717, 1.165) is 38.5 Å². The Balaban J connectivity index is 1.59. The predicted octanol–water partition coefficient (Wildman–Crippen LogP) is 3.20. The SMILES string of the molecule is COc1ccccc1N1CCN(CC(OC)c2ccccc2)CC1. The van der Waals surface area contributed by atoms with Crippen LogP contribution in [0.5, 0.6) is 5.75 Å². The van der Waals surface area contributed by atoms with Crippen LogP contribution in [0.4, 0.5) is 5.69 Å². The van der Waals surface area contributed by atoms with E-state index in [2.05, 4.69) is 46.2 Å². The molecule has 1 fully saturated rings. The lowest BCUT2D eigenvalue weighted by Crippen LogP contribution is -2.47. The van der Waals surface area contributed by atoms with Gasteiger partial charge < -0.3 is 14.4 Å². The van der Waals surface area contributed by atoms with Gasteiger partial charge in [-0.05, 0) is 17.7 Å². The Bertz CT molecular complexity index is 625. The molecule has 0 amide bonds. The maximum absolute atomic E-state index is 5.71. The summed E-state index contributed by atoms with van der Waals surface area (Å²) in [6.45, 7) is 5.01. The molecule has 1 heterocycles. The van der Waals surface area contributed by atoms with Gasteiger partial charge in [-0.3, -0.25) is 4.90 Å². The number of benzene rings is 2. The van der Waals surface area contributed by atoms with E-state index in [1.54, 1.807) is 14.2 Å². The number of nitrogens with zero attached hydrogens (tertiary/aromatic N) is 2. The number of methoxy groups -OCH3 is 2. The first kappa shape index (κ1) is 16.8. The van der Waals surface area contributed by atoms with Gasteiger partial charge in [-0.2, -0.15) is 0 Å². The summed E-state index contributed by atoms with van der Waals surface area (Å²) >= 11 is 0. The van der Waals surface area contributed by atoms with Gasteiger partial charge in [-0.15, -0.1) is 0 Å². The zero-order valence-corrected chi connectivity index (χ0v) is 14.5. The molecule has 1 aliphatic heterocycles. The fraction of sp³-hybridized carbons (Fsp3) is 0.400. The Labute approximate surface area is 144 Å². The highest BCUT2D eigenvalue weighted by atomic mass is 16.5. The van der Waals surface area contributed by atoms with E-state index >= 15 is 0 Å². The van der Waals surface area contributed by atoms with Crippen LogP contribution in [0.2, 0.25) is 0 Å². The van der Waals surface area contributed by atoms with E-state index in [0.29, 0.717) is 0 Å². The van der Waals surface area contributed by atoms with Crippen molar-refractivity contribution in [1.82, 2.24) is 4.90 Å². The second-order valence-electron chi connectivity index (χ2n) is 6.09. The van der Waals surface area contributed by atoms with Gasteiger partial charge in [0.25, 0.3) is 0 Å². The van der Waals surface area contributed by atoms with Crippen LogP contribution in [0.3, 0.4) is 0 Å². The van der Waals surface area contributed by atoms with E-state index in [1.807, 2.05) is 18.2 Å². The molecule has 24 heavy (non-hydrogen) atoms. The van der Waals surface area contributed by atoms with Crippen LogP contribution in [0.15, 0.2) is 54.6 Å². The van der Waals surface area contributed by atoms with Crippen molar-refractivity contribution >= 4 is 5.69 Å². The summed E-state index contributed by atoms with van der Waals surface area (Å²) < 4.78 is 11.2. The van der Waals surface area contributed by atoms with Crippen LogP contribution in [-0.4, -0.2) is 51.8 Å². The minimum Gasteiger partial charge on any atom is -0.495 e. The van der Waals surface area contributed by atoms with Crippen molar-refractivity contribution in [3.63, 3.8) is 0 Å². The van der Waals surface area contributed by atoms with E-state index < -0.39 is 0 Å². The molecule has 4 heteroatoms. The number of piperazine rings is 1. The fourth-order valence-corrected chi connectivity index (χ4v) is 3.28. The summed E-state index contributed by atoms with van der Waals surface area (Å²) in [6, 6.07) is 18.7. The number of hydrogen-bond donors (Lipinski definition) is 0. The van der Waals surface area contributed by atoms with Crippen LogP contribution in [0.25, 0.3) is 0 Å². The summed E-state index contributed by atoms with van der Waals surface area (Å²) in [5.74, 6) is 0.949. The summed E-state index contributed by atoms with van der Waals surface area (Å²) in [6.07, 6.45) is 0.129. The molecule has 1 saturated heterocycles. The number of para-hydroxylation sites is 2. The lowest BCUT2D eigenvalue weighted by Gasteiger charge is -2.37. The smallest absolute Gasteiger partial charge is 0.142 e. The fourth-order valence-electron chi connectivity index (χ4n) is 3.28. The molecule has 1 unspecified atom stereocenters. The topological polar surface area (TPSA) is 24.9 Å². The molecule has 0 aromatic heterocycles. The largest absolute Gasteiger partial charge is 0.495 e. The molecule has 0 bridgehead atoms. The first-order valence-electron chi connectivity index (χ1n) is 8.50. The highest BCUT2D eigenvalue weighted by Gasteiger charge is 2.22. The molecule has 0 N–H and O–H groups in total. The zero-order valence-electron chi connectivity index (χ0n) is 14.5. The molecular formula is C20H26N2O2. The van der Waals surface area contributed by atoms with Crippen molar-refractivity contribution in [1.29, 1.82) is 0 Å². The Morgan fingerprint density at radius 2 is 1.54 bits per heavy atom. The summed E-state index contributed by atoms with van der Waals surface area (Å²) in [5.41, 5.74) is 2.43. The highest BCUT2D eigenvalue weighted by Crippen LogP contribution is 2.28. The molecule has 0 aliphatic carbocycles. The molecule has 3 rings (SSSR count). The van der Waals surface area contributed by atoms with Gasteiger partial charge >= 0.3 is 0 Å². The van der Waals surface area contributed by atoms with Crippen molar-refractivity contribution in [2.75, 3.05) is 51.8 Å². The van der Waals surface area contributed by atoms with Crippen LogP contribution < -0.4 is 9.64 Å². The third-order valence-electron chi connectivity index (χ3n) is 4.68. The van der Waals surface area contributed by atoms with Gasteiger partial charge in [-0.25, -0.2) is 0 Å². The van der Waals surface area contributed by atoms with Gasteiger partial charge in [-0.1, -0.05) is 42.5 Å². The van der Waals surface area contributed by atoms with Gasteiger partial charge in [0, 0.05) is 39.8 Å². The Morgan fingerprint density at radius 3 is 2.21 bits per heavy atom. The van der Waals surface area contributed by atoms with Crippen molar-refractivity contribution in [2.45, 2.75) is 6.10 Å². The number of hydrogen-bond acceptors (Lipinski definition) is 4. The Morgan fingerprint density at radius 1 is 0.875 bits per heavy atom. The molecule has 2 aromatic rings. The van der Waals surface area contributed by atoms with Crippen LogP contribution in [0.1, 0.15) is 11.7 Å². The van der Waals surface area contributed by atoms with E-state index in [9.17, 15) is 0 Å². The van der Waals surface area contributed by atoms with Crippen LogP contribution in [0, 0.1) is 0 Å². The molecular weight excluding hydrogens is 300 g/mol. The standard InChI is InChI=1S/C20H26N2O2/c1-23-19-11-7-6-10-18(19)22-14-12-21(13-15-22)16-20(24-2)17-8-4-3-5-9-17/h3-11,20H,12-16H2,1-2H3. The summed E-state index contributed by atoms with van der Waals surface area (Å²) in [4.78, 5) is 4.88. The zero-order chi connectivity index (χ0) is 16.8. The van der Waals surface area contributed by atoms with Gasteiger partial charge in [0.05, 0.1) is 18.9 Å². The van der Waals surface area contributed by atoms with Gasteiger partial charge in [0.1, 0.15) is 5.75 Å². The highest BCUT2D eigenvalue weighted by molar-refractivity contribution is 5.58. The second-order valence-corrected chi connectivity index (χ2v) is 6.09. The van der Waals surface area contributed by atoms with Crippen molar-refractivity contribution in [3.05, 3.63) is 60.2 Å². The quantitative estimate of drug-likeness (QED) is 0.814. The maximum atomic E-state index is 5.71. The number of ether oxygens (including phenoxy) is 2. The average molecular weight is 326 g/mol. The molecule has 1 aliphatic rings. The van der Waals surface area contributed by atoms with Crippen molar-refractivity contribution < 1.29 is 9.47 Å². The average Bonchev–Trinajstić information content (AvgIpc) is 2.67. The first-order valence-corrected chi connectivity index (χ1v) is 8.50. The molecule has 0 radical (unpaired) electrons. The Kier molecular flexibility index (Phi) is 5.72. The molecule has 128 valence electrons. The lowest BCUT2D eigenvalue weighted by molar-refractivity contribution is 0.0615. The van der Waals surface area contributed by atoms with Gasteiger partial charge in [0.15, 0.2) is 0 Å². The van der Waals surface area contributed by atoms with Crippen LogP contribution in [-0.2, 0) is 4.74 Å². The molecule has 4 nitrogen and oxygen atoms in total. The van der Waals surface area contributed by atoms with E-state index in [1.165, 1.54) is 11.3 Å². The number of anilines is 1. The van der Waals surface area contributed by atoms with Crippen molar-refractivity contribution in [2.24, 2.45) is 0 Å². The van der Waals surface area contributed by atoms with Crippen LogP contribution >= 0.6 is 0 Å². The third kappa shape index (κ3) is 3.89. The summed E-state index contributed by atoms with van der Waals surface area (Å²) in [5, 5.41) is 0. The normalized spacial score (nSPS) is 16.8. The minimum atomic E-state index is 0.129. The monoisotopic (exact) mass is 326 g/mol. The van der Waals surface area contributed by atoms with E-state index in [4.69, 9.17) is 9.47 Å². The second kappa shape index (κ2) is 8.18.